The van der Waals surface area contributed by atoms with Crippen LogP contribution >= 0.6 is 0 Å². The number of carbonyl (C=O) groups excluding carboxylic acids is 1. The number of hydrogen-bond acceptors (Lipinski definition) is 5. The molecular weight excluding hydrogens is 338 g/mol. The van der Waals surface area contributed by atoms with Crippen molar-refractivity contribution in [3.63, 3.8) is 0 Å². The summed E-state index contributed by atoms with van der Waals surface area (Å²) >= 11 is 0. The molecule has 1 amide bonds. The molecule has 0 radical (unpaired) electrons. The fraction of sp³-hybridized carbons (Fsp3) is 0.476. The number of benzene rings is 1. The lowest BCUT2D eigenvalue weighted by Crippen LogP contribution is -2.38. The van der Waals surface area contributed by atoms with Gasteiger partial charge >= 0.3 is 0 Å². The van der Waals surface area contributed by atoms with E-state index in [4.69, 9.17) is 0 Å². The summed E-state index contributed by atoms with van der Waals surface area (Å²) in [5.74, 6) is 1.07. The Morgan fingerprint density at radius 2 is 1.67 bits per heavy atom. The molecule has 0 unspecified atom stereocenters. The van der Waals surface area contributed by atoms with Gasteiger partial charge in [0.25, 0.3) is 0 Å². The molecule has 2 fully saturated rings. The summed E-state index contributed by atoms with van der Waals surface area (Å²) in [5, 5.41) is 3.09. The van der Waals surface area contributed by atoms with Crippen LogP contribution in [0.3, 0.4) is 0 Å². The molecular formula is C21H27N5O. The van der Waals surface area contributed by atoms with E-state index < -0.39 is 0 Å². The van der Waals surface area contributed by atoms with Crippen LogP contribution < -0.4 is 15.1 Å². The molecule has 2 aromatic rings. The highest BCUT2D eigenvalue weighted by Crippen LogP contribution is 2.24. The predicted octanol–water partition coefficient (Wildman–Crippen LogP) is 3.32. The summed E-state index contributed by atoms with van der Waals surface area (Å²) in [6.45, 7) is 3.95. The number of carbonyl (C=O) groups is 1. The molecule has 6 heteroatoms. The Morgan fingerprint density at radius 1 is 0.926 bits per heavy atom. The van der Waals surface area contributed by atoms with Crippen molar-refractivity contribution in [3.05, 3.63) is 42.9 Å². The van der Waals surface area contributed by atoms with Crippen molar-refractivity contribution in [2.45, 2.75) is 32.1 Å². The van der Waals surface area contributed by atoms with Gasteiger partial charge in [-0.1, -0.05) is 0 Å². The summed E-state index contributed by atoms with van der Waals surface area (Å²) in [7, 11) is 0. The molecule has 1 aromatic carbocycles. The molecule has 6 nitrogen and oxygen atoms in total. The maximum absolute atomic E-state index is 12.6. The number of anilines is 3. The summed E-state index contributed by atoms with van der Waals surface area (Å²) in [5.41, 5.74) is 2.14. The minimum atomic E-state index is 0.0553. The van der Waals surface area contributed by atoms with Crippen molar-refractivity contribution < 1.29 is 4.79 Å². The maximum atomic E-state index is 12.6. The van der Waals surface area contributed by atoms with Crippen LogP contribution in [0.2, 0.25) is 0 Å². The molecule has 0 bridgehead atoms. The molecule has 4 rings (SSSR count). The van der Waals surface area contributed by atoms with E-state index in [9.17, 15) is 4.79 Å². The van der Waals surface area contributed by atoms with Gasteiger partial charge < -0.3 is 15.1 Å². The van der Waals surface area contributed by atoms with Gasteiger partial charge in [0, 0.05) is 55.9 Å². The first-order chi connectivity index (χ1) is 13.3. The van der Waals surface area contributed by atoms with Crippen LogP contribution in [0.4, 0.5) is 17.2 Å². The third kappa shape index (κ3) is 4.38. The molecule has 1 N–H and O–H groups in total. The standard InChI is InChI=1S/C21H27N5O/c27-21(17-8-14-26(15-9-17)20-16-22-10-11-23-20)24-18-4-6-19(7-5-18)25-12-2-1-3-13-25/h4-7,10-11,16-17H,1-3,8-9,12-15H2,(H,24,27). The molecule has 2 aliphatic heterocycles. The smallest absolute Gasteiger partial charge is 0.227 e. The maximum Gasteiger partial charge on any atom is 0.227 e. The number of amides is 1. The second-order valence-corrected chi connectivity index (χ2v) is 7.41. The van der Waals surface area contributed by atoms with Gasteiger partial charge in [-0.15, -0.1) is 0 Å². The zero-order valence-electron chi connectivity index (χ0n) is 15.7. The van der Waals surface area contributed by atoms with E-state index in [1.165, 1.54) is 24.9 Å². The molecule has 142 valence electrons. The third-order valence-corrected chi connectivity index (χ3v) is 5.60. The summed E-state index contributed by atoms with van der Waals surface area (Å²) in [6.07, 6.45) is 10.7. The van der Waals surface area contributed by atoms with E-state index in [-0.39, 0.29) is 11.8 Å². The zero-order valence-corrected chi connectivity index (χ0v) is 15.7. The Hall–Kier alpha value is -2.63. The molecule has 0 aliphatic carbocycles. The van der Waals surface area contributed by atoms with E-state index in [2.05, 4.69) is 37.2 Å². The lowest BCUT2D eigenvalue weighted by atomic mass is 9.96. The fourth-order valence-electron chi connectivity index (χ4n) is 3.98. The van der Waals surface area contributed by atoms with E-state index in [0.29, 0.717) is 0 Å². The Morgan fingerprint density at radius 3 is 2.33 bits per heavy atom. The molecule has 0 atom stereocenters. The van der Waals surface area contributed by atoms with E-state index in [0.717, 1.165) is 50.5 Å². The lowest BCUT2D eigenvalue weighted by molar-refractivity contribution is -0.120. The minimum Gasteiger partial charge on any atom is -0.372 e. The van der Waals surface area contributed by atoms with Gasteiger partial charge in [0.1, 0.15) is 5.82 Å². The molecule has 0 saturated carbocycles. The van der Waals surface area contributed by atoms with Crippen LogP contribution in [0, 0.1) is 5.92 Å². The Bertz CT molecular complexity index is 735. The first-order valence-electron chi connectivity index (χ1n) is 9.96. The first kappa shape index (κ1) is 17.8. The van der Waals surface area contributed by atoms with E-state index in [1.54, 1.807) is 18.6 Å². The van der Waals surface area contributed by atoms with Crippen molar-refractivity contribution in [3.8, 4) is 0 Å². The quantitative estimate of drug-likeness (QED) is 0.901. The van der Waals surface area contributed by atoms with Crippen molar-refractivity contribution in [1.82, 2.24) is 9.97 Å². The molecule has 1 aromatic heterocycles. The summed E-state index contributed by atoms with van der Waals surface area (Å²) in [4.78, 5) is 25.7. The number of nitrogens with one attached hydrogen (secondary N) is 1. The van der Waals surface area contributed by atoms with Crippen molar-refractivity contribution >= 4 is 23.1 Å². The van der Waals surface area contributed by atoms with Crippen molar-refractivity contribution in [2.24, 2.45) is 5.92 Å². The van der Waals surface area contributed by atoms with Gasteiger partial charge in [-0.3, -0.25) is 9.78 Å². The average molecular weight is 365 g/mol. The third-order valence-electron chi connectivity index (χ3n) is 5.60. The monoisotopic (exact) mass is 365 g/mol. The van der Waals surface area contributed by atoms with Crippen molar-refractivity contribution in [2.75, 3.05) is 41.3 Å². The molecule has 27 heavy (non-hydrogen) atoms. The molecule has 3 heterocycles. The normalized spacial score (nSPS) is 18.4. The highest BCUT2D eigenvalue weighted by atomic mass is 16.1. The van der Waals surface area contributed by atoms with Crippen LogP contribution in [-0.2, 0) is 4.79 Å². The minimum absolute atomic E-state index is 0.0553. The number of nitrogens with zero attached hydrogens (tertiary/aromatic N) is 4. The molecule has 2 saturated heterocycles. The number of hydrogen-bond donors (Lipinski definition) is 1. The van der Waals surface area contributed by atoms with Gasteiger partial charge in [0.2, 0.25) is 5.91 Å². The zero-order chi connectivity index (χ0) is 18.5. The van der Waals surface area contributed by atoms with Crippen LogP contribution in [0.1, 0.15) is 32.1 Å². The second-order valence-electron chi connectivity index (χ2n) is 7.41. The largest absolute Gasteiger partial charge is 0.372 e. The Labute approximate surface area is 160 Å². The lowest BCUT2D eigenvalue weighted by Gasteiger charge is -2.32. The Kier molecular flexibility index (Phi) is 5.51. The number of aromatic nitrogens is 2. The summed E-state index contributed by atoms with van der Waals surface area (Å²) < 4.78 is 0. The van der Waals surface area contributed by atoms with Gasteiger partial charge in [-0.25, -0.2) is 4.98 Å². The second kappa shape index (κ2) is 8.37. The average Bonchev–Trinajstić information content (AvgIpc) is 2.76. The van der Waals surface area contributed by atoms with Gasteiger partial charge in [-0.05, 0) is 56.4 Å². The van der Waals surface area contributed by atoms with Crippen LogP contribution in [0.25, 0.3) is 0 Å². The van der Waals surface area contributed by atoms with Crippen LogP contribution in [0.5, 0.6) is 0 Å². The van der Waals surface area contributed by atoms with Crippen LogP contribution in [-0.4, -0.2) is 42.1 Å². The highest BCUT2D eigenvalue weighted by Gasteiger charge is 2.25. The first-order valence-corrected chi connectivity index (χ1v) is 9.96. The van der Waals surface area contributed by atoms with Gasteiger partial charge in [0.15, 0.2) is 0 Å². The molecule has 0 spiro atoms. The Balaban J connectivity index is 1.29. The fourth-order valence-corrected chi connectivity index (χ4v) is 3.98. The number of piperidine rings is 2. The van der Waals surface area contributed by atoms with E-state index >= 15 is 0 Å². The van der Waals surface area contributed by atoms with Crippen LogP contribution in [0.15, 0.2) is 42.9 Å². The highest BCUT2D eigenvalue weighted by molar-refractivity contribution is 5.92. The summed E-state index contributed by atoms with van der Waals surface area (Å²) in [6, 6.07) is 8.29. The van der Waals surface area contributed by atoms with Crippen molar-refractivity contribution in [1.29, 1.82) is 0 Å². The SMILES string of the molecule is O=C(Nc1ccc(N2CCCCC2)cc1)C1CCN(c2cnccn2)CC1. The molecule has 2 aliphatic rings. The predicted molar refractivity (Wildman–Crippen MR) is 108 cm³/mol. The number of rotatable bonds is 4. The van der Waals surface area contributed by atoms with E-state index in [1.807, 2.05) is 12.1 Å². The van der Waals surface area contributed by atoms with Gasteiger partial charge in [-0.2, -0.15) is 0 Å². The topological polar surface area (TPSA) is 61.4 Å². The van der Waals surface area contributed by atoms with Gasteiger partial charge in [0.05, 0.1) is 6.20 Å².